The highest BCUT2D eigenvalue weighted by atomic mass is 32.2. The molecular weight excluding hydrogens is 328 g/mol. The van der Waals surface area contributed by atoms with E-state index in [2.05, 4.69) is 5.32 Å². The Morgan fingerprint density at radius 2 is 1.83 bits per heavy atom. The van der Waals surface area contributed by atoms with Gasteiger partial charge in [0.05, 0.1) is 11.5 Å². The lowest BCUT2D eigenvalue weighted by Crippen LogP contribution is -2.32. The van der Waals surface area contributed by atoms with E-state index < -0.39 is 9.84 Å². The molecule has 2 aliphatic heterocycles. The lowest BCUT2D eigenvalue weighted by Gasteiger charge is -2.26. The first kappa shape index (κ1) is 17.2. The normalized spacial score (nSPS) is 23.8. The largest absolute Gasteiger partial charge is 0.381 e. The average Bonchev–Trinajstić information content (AvgIpc) is 2.95. The Balaban J connectivity index is 1.59. The summed E-state index contributed by atoms with van der Waals surface area (Å²) in [6, 6.07) is 7.60. The van der Waals surface area contributed by atoms with Crippen molar-refractivity contribution in [2.75, 3.05) is 42.0 Å². The SMILES string of the molecule is CN(c1ccc(NC(=O)C2CCOCC2)cc1)C1CCS(=O)(=O)C1. The molecule has 24 heavy (non-hydrogen) atoms. The van der Waals surface area contributed by atoms with Crippen molar-refractivity contribution in [2.45, 2.75) is 25.3 Å². The van der Waals surface area contributed by atoms with Gasteiger partial charge in [-0.25, -0.2) is 8.42 Å². The summed E-state index contributed by atoms with van der Waals surface area (Å²) in [6.07, 6.45) is 2.20. The van der Waals surface area contributed by atoms with E-state index >= 15 is 0 Å². The van der Waals surface area contributed by atoms with Crippen molar-refractivity contribution in [3.8, 4) is 0 Å². The van der Waals surface area contributed by atoms with Gasteiger partial charge in [0.25, 0.3) is 0 Å². The molecule has 0 saturated carbocycles. The maximum Gasteiger partial charge on any atom is 0.227 e. The number of nitrogens with one attached hydrogen (secondary N) is 1. The Bertz CT molecular complexity index is 681. The summed E-state index contributed by atoms with van der Waals surface area (Å²) >= 11 is 0. The number of rotatable bonds is 4. The number of amides is 1. The fraction of sp³-hybridized carbons (Fsp3) is 0.588. The van der Waals surface area contributed by atoms with Crippen LogP contribution in [0.15, 0.2) is 24.3 Å². The molecular formula is C17H24N2O4S. The number of hydrogen-bond acceptors (Lipinski definition) is 5. The van der Waals surface area contributed by atoms with Gasteiger partial charge in [-0.2, -0.15) is 0 Å². The first-order valence-corrected chi connectivity index (χ1v) is 10.2. The van der Waals surface area contributed by atoms with E-state index in [0.717, 1.165) is 24.2 Å². The maximum atomic E-state index is 12.2. The van der Waals surface area contributed by atoms with Crippen LogP contribution < -0.4 is 10.2 Å². The molecule has 0 aromatic heterocycles. The first-order valence-electron chi connectivity index (χ1n) is 8.36. The van der Waals surface area contributed by atoms with Crippen molar-refractivity contribution in [3.63, 3.8) is 0 Å². The molecule has 7 heteroatoms. The molecule has 1 unspecified atom stereocenters. The third kappa shape index (κ3) is 4.08. The van der Waals surface area contributed by atoms with E-state index in [-0.39, 0.29) is 29.4 Å². The first-order chi connectivity index (χ1) is 11.4. The molecule has 2 heterocycles. The number of carbonyl (C=O) groups is 1. The summed E-state index contributed by atoms with van der Waals surface area (Å²) < 4.78 is 28.5. The molecule has 0 spiro atoms. The minimum absolute atomic E-state index is 0.0183. The van der Waals surface area contributed by atoms with Crippen LogP contribution >= 0.6 is 0 Å². The third-order valence-corrected chi connectivity index (χ3v) is 6.64. The van der Waals surface area contributed by atoms with Crippen molar-refractivity contribution in [1.82, 2.24) is 0 Å². The van der Waals surface area contributed by atoms with Gasteiger partial charge in [0.1, 0.15) is 0 Å². The number of nitrogens with zero attached hydrogens (tertiary/aromatic N) is 1. The standard InChI is InChI=1S/C17H24N2O4S/c1-19(16-8-11-24(21,22)12-16)15-4-2-14(3-5-15)18-17(20)13-6-9-23-10-7-13/h2-5,13,16H,6-12H2,1H3,(H,18,20). The van der Waals surface area contributed by atoms with Gasteiger partial charge in [0.2, 0.25) is 5.91 Å². The molecule has 2 saturated heterocycles. The number of benzene rings is 1. The fourth-order valence-corrected chi connectivity index (χ4v) is 5.05. The lowest BCUT2D eigenvalue weighted by atomic mass is 9.99. The van der Waals surface area contributed by atoms with Gasteiger partial charge in [-0.3, -0.25) is 4.79 Å². The Morgan fingerprint density at radius 3 is 2.42 bits per heavy atom. The Labute approximate surface area is 143 Å². The summed E-state index contributed by atoms with van der Waals surface area (Å²) in [5.41, 5.74) is 1.73. The van der Waals surface area contributed by atoms with Gasteiger partial charge < -0.3 is 15.0 Å². The van der Waals surface area contributed by atoms with Crippen molar-refractivity contribution in [1.29, 1.82) is 0 Å². The molecule has 1 aromatic carbocycles. The monoisotopic (exact) mass is 352 g/mol. The molecule has 0 aliphatic carbocycles. The molecule has 132 valence electrons. The van der Waals surface area contributed by atoms with Gasteiger partial charge >= 0.3 is 0 Å². The van der Waals surface area contributed by atoms with E-state index in [9.17, 15) is 13.2 Å². The van der Waals surface area contributed by atoms with Crippen LogP contribution in [0.2, 0.25) is 0 Å². The second-order valence-electron chi connectivity index (χ2n) is 6.59. The van der Waals surface area contributed by atoms with Crippen molar-refractivity contribution < 1.29 is 17.9 Å². The number of ether oxygens (including phenoxy) is 1. The van der Waals surface area contributed by atoms with E-state index in [0.29, 0.717) is 19.6 Å². The van der Waals surface area contributed by atoms with Gasteiger partial charge in [0, 0.05) is 43.6 Å². The van der Waals surface area contributed by atoms with Crippen LogP contribution in [0.3, 0.4) is 0 Å². The van der Waals surface area contributed by atoms with Crippen LogP contribution in [-0.4, -0.2) is 52.1 Å². The number of hydrogen-bond donors (Lipinski definition) is 1. The quantitative estimate of drug-likeness (QED) is 0.892. The number of carbonyl (C=O) groups excluding carboxylic acids is 1. The second-order valence-corrected chi connectivity index (χ2v) is 8.82. The zero-order valence-electron chi connectivity index (χ0n) is 13.9. The molecule has 3 rings (SSSR count). The van der Waals surface area contributed by atoms with Crippen molar-refractivity contribution in [3.05, 3.63) is 24.3 Å². The van der Waals surface area contributed by atoms with Gasteiger partial charge in [-0.15, -0.1) is 0 Å². The van der Waals surface area contributed by atoms with Gasteiger partial charge in [0.15, 0.2) is 9.84 Å². The second kappa shape index (κ2) is 7.11. The number of sulfone groups is 1. The molecule has 1 aromatic rings. The van der Waals surface area contributed by atoms with E-state index in [4.69, 9.17) is 4.74 Å². The van der Waals surface area contributed by atoms with Crippen molar-refractivity contribution in [2.24, 2.45) is 5.92 Å². The maximum absolute atomic E-state index is 12.2. The average molecular weight is 352 g/mol. The molecule has 6 nitrogen and oxygen atoms in total. The fourth-order valence-electron chi connectivity index (χ4n) is 3.28. The number of anilines is 2. The predicted molar refractivity (Wildman–Crippen MR) is 94.1 cm³/mol. The highest BCUT2D eigenvalue weighted by Crippen LogP contribution is 2.25. The summed E-state index contributed by atoms with van der Waals surface area (Å²) in [5, 5.41) is 2.95. The van der Waals surface area contributed by atoms with Gasteiger partial charge in [-0.05, 0) is 43.5 Å². The van der Waals surface area contributed by atoms with Crippen LogP contribution in [0.25, 0.3) is 0 Å². The van der Waals surface area contributed by atoms with Crippen LogP contribution in [0.4, 0.5) is 11.4 Å². The van der Waals surface area contributed by atoms with E-state index in [1.54, 1.807) is 0 Å². The zero-order valence-corrected chi connectivity index (χ0v) is 14.7. The molecule has 1 N–H and O–H groups in total. The summed E-state index contributed by atoms with van der Waals surface area (Å²) in [7, 11) is -0.976. The molecule has 1 atom stereocenters. The molecule has 0 radical (unpaired) electrons. The molecule has 2 fully saturated rings. The van der Waals surface area contributed by atoms with Crippen LogP contribution in [0.5, 0.6) is 0 Å². The van der Waals surface area contributed by atoms with E-state index in [1.165, 1.54) is 0 Å². The predicted octanol–water partition coefficient (Wildman–Crippen LogP) is 1.68. The topological polar surface area (TPSA) is 75.7 Å². The van der Waals surface area contributed by atoms with Crippen molar-refractivity contribution >= 4 is 27.1 Å². The van der Waals surface area contributed by atoms with E-state index in [1.807, 2.05) is 36.2 Å². The minimum atomic E-state index is -2.89. The summed E-state index contributed by atoms with van der Waals surface area (Å²) in [5.74, 6) is 0.540. The van der Waals surface area contributed by atoms with Crippen LogP contribution in [0.1, 0.15) is 19.3 Å². The highest BCUT2D eigenvalue weighted by molar-refractivity contribution is 7.91. The van der Waals surface area contributed by atoms with Crippen LogP contribution in [0, 0.1) is 5.92 Å². The Kier molecular flexibility index (Phi) is 5.10. The lowest BCUT2D eigenvalue weighted by molar-refractivity contribution is -0.122. The Morgan fingerprint density at radius 1 is 1.17 bits per heavy atom. The zero-order chi connectivity index (χ0) is 17.2. The Hall–Kier alpha value is -1.60. The molecule has 1 amide bonds. The van der Waals surface area contributed by atoms with Gasteiger partial charge in [-0.1, -0.05) is 0 Å². The summed E-state index contributed by atoms with van der Waals surface area (Å²) in [4.78, 5) is 14.2. The smallest absolute Gasteiger partial charge is 0.227 e. The van der Waals surface area contributed by atoms with Crippen LogP contribution in [-0.2, 0) is 19.4 Å². The minimum Gasteiger partial charge on any atom is -0.381 e. The molecule has 2 aliphatic rings. The molecule has 0 bridgehead atoms. The summed E-state index contributed by atoms with van der Waals surface area (Å²) in [6.45, 7) is 1.29. The third-order valence-electron chi connectivity index (χ3n) is 4.89. The highest BCUT2D eigenvalue weighted by Gasteiger charge is 2.30.